The number of aryl methyl sites for hydroxylation is 1. The van der Waals surface area contributed by atoms with E-state index in [1.54, 1.807) is 0 Å². The van der Waals surface area contributed by atoms with Crippen LogP contribution in [-0.4, -0.2) is 33.3 Å². The first-order chi connectivity index (χ1) is 9.75. The molecule has 20 heavy (non-hydrogen) atoms. The Morgan fingerprint density at radius 2 is 2.35 bits per heavy atom. The quantitative estimate of drug-likeness (QED) is 0.901. The van der Waals surface area contributed by atoms with Crippen molar-refractivity contribution in [1.82, 2.24) is 14.9 Å². The van der Waals surface area contributed by atoms with Gasteiger partial charge in [0.2, 0.25) is 0 Å². The molecule has 0 spiro atoms. The van der Waals surface area contributed by atoms with E-state index in [4.69, 9.17) is 0 Å². The van der Waals surface area contributed by atoms with Crippen LogP contribution < -0.4 is 5.32 Å². The van der Waals surface area contributed by atoms with Gasteiger partial charge in [-0.05, 0) is 60.3 Å². The molecular formula is C15H20BrN3O. The summed E-state index contributed by atoms with van der Waals surface area (Å²) in [5.41, 5.74) is 2.18. The average molecular weight is 338 g/mol. The molecule has 1 aliphatic rings. The minimum absolute atomic E-state index is 0.183. The van der Waals surface area contributed by atoms with Crippen LogP contribution in [0.1, 0.15) is 25.7 Å². The van der Waals surface area contributed by atoms with Crippen molar-refractivity contribution in [3.05, 3.63) is 29.0 Å². The lowest BCUT2D eigenvalue weighted by molar-refractivity contribution is 0.0909. The number of aromatic nitrogens is 2. The molecule has 1 fully saturated rings. The third-order valence-corrected chi connectivity index (χ3v) is 4.70. The van der Waals surface area contributed by atoms with Gasteiger partial charge in [0.25, 0.3) is 0 Å². The highest BCUT2D eigenvalue weighted by molar-refractivity contribution is 9.10. The van der Waals surface area contributed by atoms with Crippen LogP contribution in [0, 0.1) is 0 Å². The summed E-state index contributed by atoms with van der Waals surface area (Å²) in [4.78, 5) is 4.45. The van der Waals surface area contributed by atoms with Gasteiger partial charge in [-0.3, -0.25) is 0 Å². The molecule has 108 valence electrons. The zero-order valence-corrected chi connectivity index (χ0v) is 13.0. The van der Waals surface area contributed by atoms with E-state index in [2.05, 4.69) is 36.9 Å². The molecule has 5 heteroatoms. The highest BCUT2D eigenvalue weighted by Crippen LogP contribution is 2.22. The van der Waals surface area contributed by atoms with Crippen molar-refractivity contribution in [2.75, 3.05) is 6.54 Å². The molecule has 2 unspecified atom stereocenters. The van der Waals surface area contributed by atoms with Crippen LogP contribution in [0.2, 0.25) is 0 Å². The number of aliphatic hydroxyl groups excluding tert-OH is 1. The normalized spacial score (nSPS) is 23.3. The number of para-hydroxylation sites is 1. The van der Waals surface area contributed by atoms with Crippen LogP contribution in [0.4, 0.5) is 0 Å². The van der Waals surface area contributed by atoms with E-state index in [9.17, 15) is 5.11 Å². The van der Waals surface area contributed by atoms with Crippen molar-refractivity contribution in [2.24, 2.45) is 0 Å². The second-order valence-corrected chi connectivity index (χ2v) is 6.31. The molecule has 0 saturated carbocycles. The van der Waals surface area contributed by atoms with Crippen LogP contribution in [0.5, 0.6) is 0 Å². The van der Waals surface area contributed by atoms with Gasteiger partial charge in [0.05, 0.1) is 17.9 Å². The molecule has 1 aromatic carbocycles. The van der Waals surface area contributed by atoms with E-state index in [-0.39, 0.29) is 12.1 Å². The number of aliphatic hydroxyl groups is 1. The number of nitrogens with one attached hydrogen (secondary N) is 1. The minimum atomic E-state index is -0.183. The van der Waals surface area contributed by atoms with E-state index in [0.29, 0.717) is 0 Å². The van der Waals surface area contributed by atoms with Gasteiger partial charge in [0.15, 0.2) is 0 Å². The third-order valence-electron chi connectivity index (χ3n) is 4.06. The standard InChI is InChI=1S/C15H20BrN3O/c16-11-4-1-6-13-15(11)18-10-19(13)9-3-5-12-14(20)7-2-8-17-12/h1,4,6,10,12,14,17,20H,2-3,5,7-9H2. The summed E-state index contributed by atoms with van der Waals surface area (Å²) in [6, 6.07) is 6.41. The van der Waals surface area contributed by atoms with Crippen molar-refractivity contribution in [3.63, 3.8) is 0 Å². The SMILES string of the molecule is OC1CCCNC1CCCn1cnc2c(Br)cccc21. The number of rotatable bonds is 4. The minimum Gasteiger partial charge on any atom is -0.392 e. The molecule has 4 nitrogen and oxygen atoms in total. The first-order valence-corrected chi connectivity index (χ1v) is 8.06. The van der Waals surface area contributed by atoms with Crippen LogP contribution in [0.25, 0.3) is 11.0 Å². The van der Waals surface area contributed by atoms with E-state index < -0.39 is 0 Å². The summed E-state index contributed by atoms with van der Waals surface area (Å²) in [7, 11) is 0. The first kappa shape index (κ1) is 14.0. The molecule has 2 aromatic rings. The van der Waals surface area contributed by atoms with Gasteiger partial charge < -0.3 is 15.0 Å². The monoisotopic (exact) mass is 337 g/mol. The Bertz CT molecular complexity index is 584. The Balaban J connectivity index is 1.61. The second kappa shape index (κ2) is 6.24. The van der Waals surface area contributed by atoms with Crippen molar-refractivity contribution < 1.29 is 5.11 Å². The van der Waals surface area contributed by atoms with Gasteiger partial charge in [-0.25, -0.2) is 4.98 Å². The zero-order chi connectivity index (χ0) is 13.9. The molecule has 1 saturated heterocycles. The van der Waals surface area contributed by atoms with Crippen molar-refractivity contribution in [2.45, 2.75) is 44.4 Å². The summed E-state index contributed by atoms with van der Waals surface area (Å²) in [5, 5.41) is 13.4. The predicted octanol–water partition coefficient (Wildman–Crippen LogP) is 2.69. The maximum absolute atomic E-state index is 9.95. The molecule has 0 bridgehead atoms. The van der Waals surface area contributed by atoms with Crippen molar-refractivity contribution >= 4 is 27.0 Å². The zero-order valence-electron chi connectivity index (χ0n) is 11.4. The Labute approximate surface area is 127 Å². The fraction of sp³-hybridized carbons (Fsp3) is 0.533. The number of fused-ring (bicyclic) bond motifs is 1. The fourth-order valence-electron chi connectivity index (χ4n) is 2.94. The molecule has 2 heterocycles. The second-order valence-electron chi connectivity index (χ2n) is 5.46. The van der Waals surface area contributed by atoms with Crippen LogP contribution in [0.3, 0.4) is 0 Å². The number of imidazole rings is 1. The molecule has 2 atom stereocenters. The Morgan fingerprint density at radius 3 is 3.20 bits per heavy atom. The largest absolute Gasteiger partial charge is 0.392 e. The summed E-state index contributed by atoms with van der Waals surface area (Å²) in [5.74, 6) is 0. The number of hydrogen-bond acceptors (Lipinski definition) is 3. The Hall–Kier alpha value is -0.910. The predicted molar refractivity (Wildman–Crippen MR) is 83.7 cm³/mol. The van der Waals surface area contributed by atoms with E-state index in [1.807, 2.05) is 18.5 Å². The topological polar surface area (TPSA) is 50.1 Å². The molecule has 2 N–H and O–H groups in total. The Morgan fingerprint density at radius 1 is 1.45 bits per heavy atom. The maximum atomic E-state index is 9.95. The van der Waals surface area contributed by atoms with Crippen molar-refractivity contribution in [3.8, 4) is 0 Å². The van der Waals surface area contributed by atoms with Crippen molar-refractivity contribution in [1.29, 1.82) is 0 Å². The first-order valence-electron chi connectivity index (χ1n) is 7.26. The molecule has 1 aliphatic heterocycles. The van der Waals surface area contributed by atoms with E-state index >= 15 is 0 Å². The Kier molecular flexibility index (Phi) is 4.38. The van der Waals surface area contributed by atoms with Gasteiger partial charge in [0.1, 0.15) is 5.52 Å². The number of piperidine rings is 1. The lowest BCUT2D eigenvalue weighted by Crippen LogP contribution is -2.44. The lowest BCUT2D eigenvalue weighted by Gasteiger charge is -2.29. The molecule has 0 aliphatic carbocycles. The highest BCUT2D eigenvalue weighted by Gasteiger charge is 2.21. The summed E-state index contributed by atoms with van der Waals surface area (Å²) >= 11 is 3.53. The summed E-state index contributed by atoms with van der Waals surface area (Å²) < 4.78 is 3.23. The summed E-state index contributed by atoms with van der Waals surface area (Å²) in [6.45, 7) is 1.97. The summed E-state index contributed by atoms with van der Waals surface area (Å²) in [6.07, 6.45) is 5.79. The molecule has 0 amide bonds. The number of halogens is 1. The van der Waals surface area contributed by atoms with E-state index in [1.165, 1.54) is 0 Å². The number of hydrogen-bond donors (Lipinski definition) is 2. The number of benzene rings is 1. The van der Waals surface area contributed by atoms with Crippen LogP contribution >= 0.6 is 15.9 Å². The van der Waals surface area contributed by atoms with Crippen LogP contribution in [-0.2, 0) is 6.54 Å². The van der Waals surface area contributed by atoms with Gasteiger partial charge >= 0.3 is 0 Å². The third kappa shape index (κ3) is 2.90. The average Bonchev–Trinajstić information content (AvgIpc) is 2.86. The smallest absolute Gasteiger partial charge is 0.103 e. The number of nitrogens with zero attached hydrogens (tertiary/aromatic N) is 2. The highest BCUT2D eigenvalue weighted by atomic mass is 79.9. The molecule has 3 rings (SSSR count). The van der Waals surface area contributed by atoms with Gasteiger partial charge in [-0.2, -0.15) is 0 Å². The molecule has 1 aromatic heterocycles. The lowest BCUT2D eigenvalue weighted by atomic mass is 9.97. The van der Waals surface area contributed by atoms with Gasteiger partial charge in [-0.1, -0.05) is 6.07 Å². The molecule has 0 radical (unpaired) electrons. The molecular weight excluding hydrogens is 318 g/mol. The maximum Gasteiger partial charge on any atom is 0.103 e. The van der Waals surface area contributed by atoms with E-state index in [0.717, 1.165) is 54.3 Å². The van der Waals surface area contributed by atoms with Gasteiger partial charge in [-0.15, -0.1) is 0 Å². The van der Waals surface area contributed by atoms with Gasteiger partial charge in [0, 0.05) is 17.1 Å². The van der Waals surface area contributed by atoms with Crippen LogP contribution in [0.15, 0.2) is 29.0 Å². The fourth-order valence-corrected chi connectivity index (χ4v) is 3.40.